The highest BCUT2D eigenvalue weighted by molar-refractivity contribution is 5.90. The second-order valence-corrected chi connectivity index (χ2v) is 5.01. The van der Waals surface area contributed by atoms with E-state index in [2.05, 4.69) is 27.7 Å². The molecule has 0 atom stereocenters. The van der Waals surface area contributed by atoms with Crippen LogP contribution in [0.5, 0.6) is 0 Å². The molecule has 0 rings (SSSR count). The Kier molecular flexibility index (Phi) is 4.38. The predicted octanol–water partition coefficient (Wildman–Crippen LogP) is 3.59. The molecule has 0 spiro atoms. The topological polar surface area (TPSA) is 17.1 Å². The minimum absolute atomic E-state index is 0.114. The van der Waals surface area contributed by atoms with Crippen LogP contribution in [0.1, 0.15) is 48.0 Å². The van der Waals surface area contributed by atoms with Gasteiger partial charge in [-0.2, -0.15) is 0 Å². The highest BCUT2D eigenvalue weighted by Gasteiger charge is 2.24. The molecule has 0 unspecified atom stereocenters. The van der Waals surface area contributed by atoms with Crippen LogP contribution < -0.4 is 0 Å². The van der Waals surface area contributed by atoms with Crippen LogP contribution in [0.4, 0.5) is 0 Å². The number of carbonyl (C=O) groups excluding carboxylic acids is 1. The monoisotopic (exact) mass is 182 g/mol. The van der Waals surface area contributed by atoms with E-state index in [0.717, 1.165) is 5.57 Å². The van der Waals surface area contributed by atoms with E-state index in [0.29, 0.717) is 12.3 Å². The van der Waals surface area contributed by atoms with Gasteiger partial charge < -0.3 is 0 Å². The molecule has 0 aliphatic rings. The number of hydrogen-bond acceptors (Lipinski definition) is 1. The molecule has 76 valence electrons. The van der Waals surface area contributed by atoms with Crippen LogP contribution in [0, 0.1) is 11.3 Å². The van der Waals surface area contributed by atoms with E-state index >= 15 is 0 Å². The lowest BCUT2D eigenvalue weighted by atomic mass is 9.77. The van der Waals surface area contributed by atoms with Gasteiger partial charge in [0.05, 0.1) is 0 Å². The Bertz CT molecular complexity index is 205. The molecule has 13 heavy (non-hydrogen) atoms. The van der Waals surface area contributed by atoms with Crippen molar-refractivity contribution in [2.75, 3.05) is 0 Å². The van der Waals surface area contributed by atoms with Crippen molar-refractivity contribution >= 4 is 5.78 Å². The van der Waals surface area contributed by atoms with Crippen molar-refractivity contribution in [3.05, 3.63) is 11.6 Å². The summed E-state index contributed by atoms with van der Waals surface area (Å²) in [5.41, 5.74) is 1.20. The fourth-order valence-corrected chi connectivity index (χ4v) is 1.03. The van der Waals surface area contributed by atoms with Gasteiger partial charge in [-0.15, -0.1) is 0 Å². The molecule has 0 fully saturated rings. The molecular weight excluding hydrogens is 160 g/mol. The van der Waals surface area contributed by atoms with Crippen LogP contribution in [0.15, 0.2) is 11.6 Å². The van der Waals surface area contributed by atoms with E-state index in [9.17, 15) is 4.79 Å². The normalized spacial score (nSPS) is 11.6. The van der Waals surface area contributed by atoms with E-state index in [4.69, 9.17) is 0 Å². The zero-order valence-electron chi connectivity index (χ0n) is 9.77. The average Bonchev–Trinajstić information content (AvgIpc) is 1.82. The molecule has 0 aliphatic heterocycles. The summed E-state index contributed by atoms with van der Waals surface area (Å²) in [7, 11) is 0. The van der Waals surface area contributed by atoms with Crippen molar-refractivity contribution in [2.45, 2.75) is 48.0 Å². The molecule has 0 heterocycles. The third kappa shape index (κ3) is 4.87. The highest BCUT2D eigenvalue weighted by Crippen LogP contribution is 2.30. The Morgan fingerprint density at radius 2 is 1.77 bits per heavy atom. The van der Waals surface area contributed by atoms with Gasteiger partial charge in [0.25, 0.3) is 0 Å². The number of rotatable bonds is 4. The molecule has 1 heteroatoms. The summed E-state index contributed by atoms with van der Waals surface area (Å²) < 4.78 is 0. The van der Waals surface area contributed by atoms with Gasteiger partial charge in [0.2, 0.25) is 0 Å². The van der Waals surface area contributed by atoms with Crippen LogP contribution in [-0.4, -0.2) is 5.78 Å². The van der Waals surface area contributed by atoms with E-state index in [-0.39, 0.29) is 11.2 Å². The first-order chi connectivity index (χ1) is 5.75. The molecule has 0 aromatic heterocycles. The van der Waals surface area contributed by atoms with Crippen molar-refractivity contribution in [1.82, 2.24) is 0 Å². The minimum Gasteiger partial charge on any atom is -0.295 e. The maximum atomic E-state index is 11.5. The van der Waals surface area contributed by atoms with E-state index < -0.39 is 0 Å². The molecular formula is C12H22O. The third-order valence-corrected chi connectivity index (χ3v) is 2.64. The summed E-state index contributed by atoms with van der Waals surface area (Å²) in [5, 5.41) is 0. The third-order valence-electron chi connectivity index (χ3n) is 2.64. The van der Waals surface area contributed by atoms with Gasteiger partial charge in [-0.3, -0.25) is 4.79 Å². The Morgan fingerprint density at radius 1 is 1.31 bits per heavy atom. The molecule has 0 aromatic carbocycles. The SMILES string of the molecule is CC(C)=CC(=O)CC(C)(C)C(C)C. The van der Waals surface area contributed by atoms with Gasteiger partial charge in [-0.1, -0.05) is 33.3 Å². The summed E-state index contributed by atoms with van der Waals surface area (Å²) in [4.78, 5) is 11.5. The van der Waals surface area contributed by atoms with E-state index in [1.165, 1.54) is 0 Å². The molecule has 0 radical (unpaired) electrons. The molecule has 0 aliphatic carbocycles. The first-order valence-electron chi connectivity index (χ1n) is 4.93. The summed E-state index contributed by atoms with van der Waals surface area (Å²) in [6.07, 6.45) is 2.39. The van der Waals surface area contributed by atoms with Gasteiger partial charge in [-0.05, 0) is 31.3 Å². The molecule has 0 saturated heterocycles. The Hall–Kier alpha value is -0.590. The van der Waals surface area contributed by atoms with Crippen LogP contribution in [0.25, 0.3) is 0 Å². The minimum atomic E-state index is 0.114. The van der Waals surface area contributed by atoms with Crippen LogP contribution in [-0.2, 0) is 4.79 Å². The highest BCUT2D eigenvalue weighted by atomic mass is 16.1. The van der Waals surface area contributed by atoms with Gasteiger partial charge >= 0.3 is 0 Å². The molecule has 0 aromatic rings. The van der Waals surface area contributed by atoms with Crippen LogP contribution >= 0.6 is 0 Å². The van der Waals surface area contributed by atoms with Crippen molar-refractivity contribution in [3.63, 3.8) is 0 Å². The molecule has 0 saturated carbocycles. The van der Waals surface area contributed by atoms with Gasteiger partial charge in [0.1, 0.15) is 0 Å². The van der Waals surface area contributed by atoms with Crippen molar-refractivity contribution < 1.29 is 4.79 Å². The summed E-state index contributed by atoms with van der Waals surface area (Å²) >= 11 is 0. The summed E-state index contributed by atoms with van der Waals surface area (Å²) in [5.74, 6) is 0.792. The van der Waals surface area contributed by atoms with E-state index in [1.54, 1.807) is 6.08 Å². The lowest BCUT2D eigenvalue weighted by molar-refractivity contribution is -0.117. The Balaban J connectivity index is 4.29. The number of allylic oxidation sites excluding steroid dienone is 2. The lowest BCUT2D eigenvalue weighted by Crippen LogP contribution is -2.22. The smallest absolute Gasteiger partial charge is 0.156 e. The fourth-order valence-electron chi connectivity index (χ4n) is 1.03. The number of ketones is 1. The second-order valence-electron chi connectivity index (χ2n) is 5.01. The zero-order chi connectivity index (χ0) is 10.6. The fraction of sp³-hybridized carbons (Fsp3) is 0.750. The average molecular weight is 182 g/mol. The maximum absolute atomic E-state index is 11.5. The predicted molar refractivity (Wildman–Crippen MR) is 57.7 cm³/mol. The summed E-state index contributed by atoms with van der Waals surface area (Å²) in [6.45, 7) is 12.5. The van der Waals surface area contributed by atoms with Crippen LogP contribution in [0.2, 0.25) is 0 Å². The Labute approximate surface area is 82.2 Å². The van der Waals surface area contributed by atoms with Crippen molar-refractivity contribution in [3.8, 4) is 0 Å². The van der Waals surface area contributed by atoms with Gasteiger partial charge in [-0.25, -0.2) is 0 Å². The largest absolute Gasteiger partial charge is 0.295 e. The molecule has 0 N–H and O–H groups in total. The van der Waals surface area contributed by atoms with Gasteiger partial charge in [0, 0.05) is 6.42 Å². The van der Waals surface area contributed by atoms with Crippen molar-refractivity contribution in [1.29, 1.82) is 0 Å². The van der Waals surface area contributed by atoms with Crippen molar-refractivity contribution in [2.24, 2.45) is 11.3 Å². The maximum Gasteiger partial charge on any atom is 0.156 e. The zero-order valence-corrected chi connectivity index (χ0v) is 9.77. The summed E-state index contributed by atoms with van der Waals surface area (Å²) in [6, 6.07) is 0. The number of hydrogen-bond donors (Lipinski definition) is 0. The first-order valence-corrected chi connectivity index (χ1v) is 4.93. The quantitative estimate of drug-likeness (QED) is 0.607. The molecule has 0 bridgehead atoms. The van der Waals surface area contributed by atoms with Gasteiger partial charge in [0.15, 0.2) is 5.78 Å². The molecule has 1 nitrogen and oxygen atoms in total. The lowest BCUT2D eigenvalue weighted by Gasteiger charge is -2.27. The standard InChI is InChI=1S/C12H22O/c1-9(2)7-11(13)8-12(5,6)10(3)4/h7,10H,8H2,1-6H3. The second kappa shape index (κ2) is 4.59. The first kappa shape index (κ1) is 12.4. The number of carbonyl (C=O) groups is 1. The molecule has 0 amide bonds. The van der Waals surface area contributed by atoms with E-state index in [1.807, 2.05) is 13.8 Å². The Morgan fingerprint density at radius 3 is 2.08 bits per heavy atom. The van der Waals surface area contributed by atoms with Crippen LogP contribution in [0.3, 0.4) is 0 Å².